The topological polar surface area (TPSA) is 117 Å². The Hall–Kier alpha value is -4.16. The molecular formula is C24H21ClF3N7O2. The van der Waals surface area contributed by atoms with Gasteiger partial charge in [-0.25, -0.2) is 14.8 Å². The minimum absolute atomic E-state index is 0.0555. The fourth-order valence-electron chi connectivity index (χ4n) is 3.33. The van der Waals surface area contributed by atoms with Gasteiger partial charge in [-0.05, 0) is 55.5 Å². The van der Waals surface area contributed by atoms with Gasteiger partial charge in [0.15, 0.2) is 0 Å². The van der Waals surface area contributed by atoms with Crippen molar-refractivity contribution in [1.82, 2.24) is 19.5 Å². The monoisotopic (exact) mass is 531 g/mol. The molecular weight excluding hydrogens is 511 g/mol. The van der Waals surface area contributed by atoms with Gasteiger partial charge in [-0.15, -0.1) is 0 Å². The van der Waals surface area contributed by atoms with E-state index in [0.29, 0.717) is 29.8 Å². The van der Waals surface area contributed by atoms with Gasteiger partial charge < -0.3 is 21.1 Å². The van der Waals surface area contributed by atoms with Crippen molar-refractivity contribution < 1.29 is 23.1 Å². The van der Waals surface area contributed by atoms with Crippen LogP contribution in [-0.2, 0) is 6.18 Å². The highest BCUT2D eigenvalue weighted by Crippen LogP contribution is 2.36. The van der Waals surface area contributed by atoms with E-state index in [1.165, 1.54) is 6.07 Å². The molecule has 13 heteroatoms. The molecule has 4 rings (SSSR count). The number of aliphatic hydroxyl groups excluding tert-OH is 1. The zero-order valence-corrected chi connectivity index (χ0v) is 20.0. The van der Waals surface area contributed by atoms with Crippen molar-refractivity contribution >= 4 is 35.0 Å². The zero-order valence-electron chi connectivity index (χ0n) is 19.3. The molecule has 4 aromatic rings. The minimum Gasteiger partial charge on any atom is -0.392 e. The van der Waals surface area contributed by atoms with E-state index in [1.54, 1.807) is 60.4 Å². The van der Waals surface area contributed by atoms with E-state index in [2.05, 4.69) is 30.9 Å². The summed E-state index contributed by atoms with van der Waals surface area (Å²) >= 11 is 5.61. The van der Waals surface area contributed by atoms with Crippen LogP contribution in [0.25, 0.3) is 17.2 Å². The number of aromatic nitrogens is 4. The molecule has 0 aliphatic carbocycles. The summed E-state index contributed by atoms with van der Waals surface area (Å²) in [4.78, 5) is 25.3. The molecule has 1 atom stereocenters. The highest BCUT2D eigenvalue weighted by atomic mass is 35.5. The fraction of sp³-hybridized carbons (Fsp3) is 0.167. The second kappa shape index (κ2) is 10.8. The Kier molecular flexibility index (Phi) is 7.60. The molecule has 0 aliphatic rings. The van der Waals surface area contributed by atoms with E-state index < -0.39 is 28.9 Å². The maximum Gasteiger partial charge on any atom is 0.417 e. The molecule has 4 N–H and O–H groups in total. The van der Waals surface area contributed by atoms with Gasteiger partial charge in [0, 0.05) is 42.1 Å². The van der Waals surface area contributed by atoms with Gasteiger partial charge in [-0.3, -0.25) is 4.57 Å². The Balaban J connectivity index is 1.45. The number of halogens is 4. The first kappa shape index (κ1) is 25.9. The van der Waals surface area contributed by atoms with Crippen LogP contribution in [0.1, 0.15) is 12.5 Å². The minimum atomic E-state index is -4.64. The molecule has 0 aliphatic heterocycles. The lowest BCUT2D eigenvalue weighted by Gasteiger charge is -2.13. The molecule has 2 amide bonds. The van der Waals surface area contributed by atoms with Crippen molar-refractivity contribution in [2.24, 2.45) is 0 Å². The third kappa shape index (κ3) is 6.54. The molecule has 2 aromatic carbocycles. The Morgan fingerprint density at radius 2 is 1.76 bits per heavy atom. The number of carbonyl (C=O) groups is 1. The Morgan fingerprint density at radius 3 is 2.46 bits per heavy atom. The van der Waals surface area contributed by atoms with Crippen molar-refractivity contribution in [3.8, 4) is 17.2 Å². The zero-order chi connectivity index (χ0) is 26.6. The molecule has 2 heterocycles. The number of aliphatic hydroxyl groups is 1. The molecule has 0 fully saturated rings. The highest BCUT2D eigenvalue weighted by molar-refractivity contribution is 6.31. The molecule has 0 radical (unpaired) electrons. The smallest absolute Gasteiger partial charge is 0.392 e. The first-order chi connectivity index (χ1) is 17.6. The molecule has 37 heavy (non-hydrogen) atoms. The summed E-state index contributed by atoms with van der Waals surface area (Å²) in [6, 6.07) is 10.8. The number of carbonyl (C=O) groups excluding carboxylic acids is 1. The maximum atomic E-state index is 13.0. The van der Waals surface area contributed by atoms with Crippen LogP contribution in [0, 0.1) is 0 Å². The van der Waals surface area contributed by atoms with Crippen LogP contribution < -0.4 is 16.0 Å². The van der Waals surface area contributed by atoms with Crippen LogP contribution in [0.5, 0.6) is 0 Å². The van der Waals surface area contributed by atoms with Crippen molar-refractivity contribution in [3.63, 3.8) is 0 Å². The lowest BCUT2D eigenvalue weighted by atomic mass is 10.2. The molecule has 0 saturated heterocycles. The predicted octanol–water partition coefficient (Wildman–Crippen LogP) is 5.44. The first-order valence-corrected chi connectivity index (χ1v) is 11.3. The van der Waals surface area contributed by atoms with Gasteiger partial charge in [0.1, 0.15) is 11.6 Å². The van der Waals surface area contributed by atoms with E-state index >= 15 is 0 Å². The summed E-state index contributed by atoms with van der Waals surface area (Å²) in [5, 5.41) is 16.9. The highest BCUT2D eigenvalue weighted by Gasteiger charge is 2.33. The summed E-state index contributed by atoms with van der Waals surface area (Å²) in [7, 11) is 0. The Labute approximate surface area is 214 Å². The van der Waals surface area contributed by atoms with Gasteiger partial charge >= 0.3 is 12.2 Å². The van der Waals surface area contributed by atoms with E-state index in [9.17, 15) is 23.1 Å². The molecule has 9 nitrogen and oxygen atoms in total. The van der Waals surface area contributed by atoms with E-state index in [1.807, 2.05) is 0 Å². The number of benzene rings is 2. The molecule has 1 unspecified atom stereocenters. The van der Waals surface area contributed by atoms with Crippen LogP contribution in [0.4, 0.5) is 35.3 Å². The van der Waals surface area contributed by atoms with Crippen molar-refractivity contribution in [3.05, 3.63) is 77.7 Å². The quantitative estimate of drug-likeness (QED) is 0.252. The summed E-state index contributed by atoms with van der Waals surface area (Å²) in [5.41, 5.74) is 0.0398. The lowest BCUT2D eigenvalue weighted by molar-refractivity contribution is -0.137. The molecule has 0 spiro atoms. The number of nitrogens with zero attached hydrogens (tertiary/aromatic N) is 4. The lowest BCUT2D eigenvalue weighted by Crippen LogP contribution is -2.20. The summed E-state index contributed by atoms with van der Waals surface area (Å²) in [6.45, 7) is 1.94. The normalized spacial score (nSPS) is 12.2. The van der Waals surface area contributed by atoms with Crippen molar-refractivity contribution in [2.45, 2.75) is 19.2 Å². The van der Waals surface area contributed by atoms with Crippen LogP contribution in [0.2, 0.25) is 5.02 Å². The van der Waals surface area contributed by atoms with Crippen LogP contribution in [-0.4, -0.2) is 43.3 Å². The number of urea groups is 1. The number of nitrogens with one attached hydrogen (secondary N) is 3. The third-order valence-electron chi connectivity index (χ3n) is 5.01. The number of amides is 2. The number of alkyl halides is 3. The summed E-state index contributed by atoms with van der Waals surface area (Å²) in [6.07, 6.45) is -0.276. The van der Waals surface area contributed by atoms with Gasteiger partial charge in [0.2, 0.25) is 5.95 Å². The summed E-state index contributed by atoms with van der Waals surface area (Å²) in [5.74, 6) is 1.49. The molecule has 192 valence electrons. The number of imidazole rings is 1. The fourth-order valence-corrected chi connectivity index (χ4v) is 3.55. The number of anilines is 3. The van der Waals surface area contributed by atoms with E-state index in [-0.39, 0.29) is 5.69 Å². The maximum absolute atomic E-state index is 13.0. The predicted molar refractivity (Wildman–Crippen MR) is 134 cm³/mol. The van der Waals surface area contributed by atoms with E-state index in [4.69, 9.17) is 11.6 Å². The average Bonchev–Trinajstić information content (AvgIpc) is 3.34. The van der Waals surface area contributed by atoms with Gasteiger partial charge in [-0.1, -0.05) is 11.6 Å². The van der Waals surface area contributed by atoms with Gasteiger partial charge in [0.25, 0.3) is 0 Å². The van der Waals surface area contributed by atoms with E-state index in [0.717, 1.165) is 17.7 Å². The number of hydrogen-bond acceptors (Lipinski definition) is 6. The standard InChI is InChI=1S/C24H21ClF3N7O2/c1-14(36)13-31-22-30-9-8-20(34-22)35-11-10-29-21(35)15-2-4-16(5-3-15)32-23(37)33-17-6-7-19(25)18(12-17)24(26,27)28/h2-12,14,36H,13H2,1H3,(H,30,31,34)(H2,32,33,37). The Morgan fingerprint density at radius 1 is 1.05 bits per heavy atom. The summed E-state index contributed by atoms with van der Waals surface area (Å²) < 4.78 is 40.9. The molecule has 2 aromatic heterocycles. The van der Waals surface area contributed by atoms with Crippen molar-refractivity contribution in [1.29, 1.82) is 0 Å². The van der Waals surface area contributed by atoms with Crippen LogP contribution in [0.15, 0.2) is 67.1 Å². The number of rotatable bonds is 7. The van der Waals surface area contributed by atoms with Crippen LogP contribution in [0.3, 0.4) is 0 Å². The number of hydrogen-bond donors (Lipinski definition) is 4. The molecule has 0 bridgehead atoms. The van der Waals surface area contributed by atoms with Gasteiger partial charge in [-0.2, -0.15) is 18.2 Å². The average molecular weight is 532 g/mol. The first-order valence-electron chi connectivity index (χ1n) is 10.9. The van der Waals surface area contributed by atoms with Gasteiger partial charge in [0.05, 0.1) is 16.7 Å². The van der Waals surface area contributed by atoms with Crippen molar-refractivity contribution in [2.75, 3.05) is 22.5 Å². The SMILES string of the molecule is CC(O)CNc1nccc(-n2ccnc2-c2ccc(NC(=O)Nc3ccc(Cl)c(C(F)(F)F)c3)cc2)n1. The Bertz CT molecular complexity index is 1390. The van der Waals surface area contributed by atoms with Crippen LogP contribution >= 0.6 is 11.6 Å². The molecule has 0 saturated carbocycles. The second-order valence-electron chi connectivity index (χ2n) is 7.94. The largest absolute Gasteiger partial charge is 0.417 e. The third-order valence-corrected chi connectivity index (χ3v) is 5.34. The second-order valence-corrected chi connectivity index (χ2v) is 8.35.